The number of benzene rings is 1. The Labute approximate surface area is 96.5 Å². The van der Waals surface area contributed by atoms with E-state index < -0.39 is 0 Å². The molecule has 0 saturated carbocycles. The van der Waals surface area contributed by atoms with Crippen LogP contribution in [0.15, 0.2) is 36.5 Å². The zero-order valence-corrected chi connectivity index (χ0v) is 9.69. The van der Waals surface area contributed by atoms with Crippen molar-refractivity contribution >= 4 is 10.9 Å². The maximum Gasteiger partial charge on any atom is 0.0704 e. The first-order valence-electron chi connectivity index (χ1n) is 5.85. The highest BCUT2D eigenvalue weighted by Crippen LogP contribution is 2.18. The van der Waals surface area contributed by atoms with Gasteiger partial charge in [0.2, 0.25) is 0 Å². The molecule has 1 aromatic carbocycles. The van der Waals surface area contributed by atoms with Crippen LogP contribution in [0.4, 0.5) is 0 Å². The summed E-state index contributed by atoms with van der Waals surface area (Å²) < 4.78 is 0. The lowest BCUT2D eigenvalue weighted by Crippen LogP contribution is -2.14. The lowest BCUT2D eigenvalue weighted by molar-refractivity contribution is 0.625. The lowest BCUT2D eigenvalue weighted by Gasteiger charge is -2.07. The zero-order valence-electron chi connectivity index (χ0n) is 9.69. The third kappa shape index (κ3) is 2.58. The Morgan fingerprint density at radius 3 is 2.88 bits per heavy atom. The second kappa shape index (κ2) is 5.08. The van der Waals surface area contributed by atoms with E-state index in [0.717, 1.165) is 24.8 Å². The molecule has 1 unspecified atom stereocenters. The molecule has 2 nitrogen and oxygen atoms in total. The number of rotatable bonds is 4. The summed E-state index contributed by atoms with van der Waals surface area (Å²) >= 11 is 0. The van der Waals surface area contributed by atoms with Crippen LogP contribution in [0.2, 0.25) is 0 Å². The van der Waals surface area contributed by atoms with E-state index in [1.54, 1.807) is 0 Å². The molecule has 0 aliphatic carbocycles. The largest absolute Gasteiger partial charge is 0.328 e. The van der Waals surface area contributed by atoms with Gasteiger partial charge in [0.25, 0.3) is 0 Å². The first-order chi connectivity index (χ1) is 7.77. The van der Waals surface area contributed by atoms with Crippen LogP contribution in [0.5, 0.6) is 0 Å². The van der Waals surface area contributed by atoms with E-state index in [-0.39, 0.29) is 0 Å². The van der Waals surface area contributed by atoms with Gasteiger partial charge in [0.1, 0.15) is 0 Å². The summed E-state index contributed by atoms with van der Waals surface area (Å²) in [6.07, 6.45) is 5.20. The van der Waals surface area contributed by atoms with E-state index >= 15 is 0 Å². The van der Waals surface area contributed by atoms with Crippen molar-refractivity contribution in [1.82, 2.24) is 4.98 Å². The Balaban J connectivity index is 2.17. The Morgan fingerprint density at radius 1 is 1.25 bits per heavy atom. The molecule has 0 amide bonds. The fraction of sp³-hybridized carbons (Fsp3) is 0.357. The van der Waals surface area contributed by atoms with Crippen molar-refractivity contribution in [2.45, 2.75) is 32.2 Å². The number of pyridine rings is 1. The molecule has 0 aliphatic rings. The minimum absolute atomic E-state index is 0.299. The normalized spacial score (nSPS) is 12.9. The Kier molecular flexibility index (Phi) is 3.52. The van der Waals surface area contributed by atoms with Gasteiger partial charge in [-0.3, -0.25) is 4.98 Å². The number of hydrogen-bond acceptors (Lipinski definition) is 2. The molecule has 0 saturated heterocycles. The van der Waals surface area contributed by atoms with Gasteiger partial charge in [0.15, 0.2) is 0 Å². The Morgan fingerprint density at radius 2 is 2.06 bits per heavy atom. The quantitative estimate of drug-likeness (QED) is 0.850. The summed E-state index contributed by atoms with van der Waals surface area (Å²) in [5.41, 5.74) is 8.22. The van der Waals surface area contributed by atoms with Crippen molar-refractivity contribution in [2.75, 3.05) is 0 Å². The minimum Gasteiger partial charge on any atom is -0.328 e. The molecule has 0 bridgehead atoms. The Hall–Kier alpha value is -1.41. The second-order valence-electron chi connectivity index (χ2n) is 4.36. The molecule has 2 N–H and O–H groups in total. The van der Waals surface area contributed by atoms with Crippen LogP contribution in [0.25, 0.3) is 10.9 Å². The van der Waals surface area contributed by atoms with Gasteiger partial charge < -0.3 is 5.73 Å². The van der Waals surface area contributed by atoms with Gasteiger partial charge in [0, 0.05) is 17.6 Å². The monoisotopic (exact) mass is 214 g/mol. The molecule has 2 rings (SSSR count). The summed E-state index contributed by atoms with van der Waals surface area (Å²) in [7, 11) is 0. The fourth-order valence-electron chi connectivity index (χ4n) is 1.99. The van der Waals surface area contributed by atoms with Crippen LogP contribution < -0.4 is 5.73 Å². The first kappa shape index (κ1) is 11.1. The number of aromatic nitrogens is 1. The smallest absolute Gasteiger partial charge is 0.0704 e. The van der Waals surface area contributed by atoms with E-state index in [2.05, 4.69) is 36.2 Å². The zero-order chi connectivity index (χ0) is 11.4. The van der Waals surface area contributed by atoms with Crippen molar-refractivity contribution in [3.63, 3.8) is 0 Å². The molecule has 1 atom stereocenters. The highest BCUT2D eigenvalue weighted by Gasteiger charge is 2.01. The predicted octanol–water partition coefficient (Wildman–Crippen LogP) is 2.90. The number of nitrogens with zero attached hydrogens (tertiary/aromatic N) is 1. The number of para-hydroxylation sites is 1. The topological polar surface area (TPSA) is 38.9 Å². The minimum atomic E-state index is 0.299. The Bertz CT molecular complexity index is 458. The standard InChI is InChI=1S/C14H18N2/c1-11(15)5-4-6-12-9-10-16-14-8-3-2-7-13(12)14/h2-3,7-11H,4-6,15H2,1H3. The molecule has 0 fully saturated rings. The maximum absolute atomic E-state index is 5.76. The average Bonchev–Trinajstić information content (AvgIpc) is 2.29. The molecular weight excluding hydrogens is 196 g/mol. The van der Waals surface area contributed by atoms with Gasteiger partial charge in [-0.2, -0.15) is 0 Å². The van der Waals surface area contributed by atoms with Gasteiger partial charge in [-0.1, -0.05) is 18.2 Å². The molecule has 2 heteroatoms. The van der Waals surface area contributed by atoms with Crippen molar-refractivity contribution < 1.29 is 0 Å². The number of aryl methyl sites for hydroxylation is 1. The average molecular weight is 214 g/mol. The summed E-state index contributed by atoms with van der Waals surface area (Å²) in [5.74, 6) is 0. The highest BCUT2D eigenvalue weighted by atomic mass is 14.6. The summed E-state index contributed by atoms with van der Waals surface area (Å²) in [6, 6.07) is 10.7. The summed E-state index contributed by atoms with van der Waals surface area (Å²) in [5, 5.41) is 1.27. The first-order valence-corrected chi connectivity index (χ1v) is 5.85. The van der Waals surface area contributed by atoms with Crippen LogP contribution in [-0.4, -0.2) is 11.0 Å². The van der Waals surface area contributed by atoms with Gasteiger partial charge >= 0.3 is 0 Å². The SMILES string of the molecule is CC(N)CCCc1ccnc2ccccc12. The molecule has 0 aliphatic heterocycles. The molecule has 0 radical (unpaired) electrons. The van der Waals surface area contributed by atoms with Gasteiger partial charge in [-0.05, 0) is 43.9 Å². The van der Waals surface area contributed by atoms with Gasteiger partial charge in [-0.25, -0.2) is 0 Å². The van der Waals surface area contributed by atoms with Gasteiger partial charge in [0.05, 0.1) is 5.52 Å². The molecule has 16 heavy (non-hydrogen) atoms. The number of nitrogens with two attached hydrogens (primary N) is 1. The molecular formula is C14H18N2. The maximum atomic E-state index is 5.76. The van der Waals surface area contributed by atoms with E-state index in [4.69, 9.17) is 5.73 Å². The summed E-state index contributed by atoms with van der Waals surface area (Å²) in [4.78, 5) is 4.36. The second-order valence-corrected chi connectivity index (χ2v) is 4.36. The van der Waals surface area contributed by atoms with E-state index in [9.17, 15) is 0 Å². The third-order valence-electron chi connectivity index (χ3n) is 2.84. The van der Waals surface area contributed by atoms with Crippen molar-refractivity contribution in [3.8, 4) is 0 Å². The van der Waals surface area contributed by atoms with Crippen molar-refractivity contribution in [3.05, 3.63) is 42.1 Å². The van der Waals surface area contributed by atoms with Crippen LogP contribution >= 0.6 is 0 Å². The van der Waals surface area contributed by atoms with E-state index in [1.807, 2.05) is 12.3 Å². The molecule has 0 spiro atoms. The van der Waals surface area contributed by atoms with Crippen LogP contribution in [-0.2, 0) is 6.42 Å². The molecule has 2 aromatic rings. The van der Waals surface area contributed by atoms with Crippen LogP contribution in [0, 0.1) is 0 Å². The third-order valence-corrected chi connectivity index (χ3v) is 2.84. The molecule has 1 heterocycles. The predicted molar refractivity (Wildman–Crippen MR) is 68.3 cm³/mol. The number of hydrogen-bond donors (Lipinski definition) is 1. The molecule has 1 aromatic heterocycles. The fourth-order valence-corrected chi connectivity index (χ4v) is 1.99. The van der Waals surface area contributed by atoms with Gasteiger partial charge in [-0.15, -0.1) is 0 Å². The van der Waals surface area contributed by atoms with E-state index in [1.165, 1.54) is 10.9 Å². The van der Waals surface area contributed by atoms with Crippen LogP contribution in [0.1, 0.15) is 25.3 Å². The van der Waals surface area contributed by atoms with Crippen molar-refractivity contribution in [2.24, 2.45) is 5.73 Å². The number of fused-ring (bicyclic) bond motifs is 1. The van der Waals surface area contributed by atoms with Crippen LogP contribution in [0.3, 0.4) is 0 Å². The summed E-state index contributed by atoms with van der Waals surface area (Å²) in [6.45, 7) is 2.06. The highest BCUT2D eigenvalue weighted by molar-refractivity contribution is 5.81. The lowest BCUT2D eigenvalue weighted by atomic mass is 10.0. The molecule has 84 valence electrons. The van der Waals surface area contributed by atoms with E-state index in [0.29, 0.717) is 6.04 Å². The van der Waals surface area contributed by atoms with Crippen molar-refractivity contribution in [1.29, 1.82) is 0 Å².